The molecule has 2 aromatic carbocycles. The smallest absolute Gasteiger partial charge is 0.328 e. The molecule has 0 saturated carbocycles. The molecule has 10 heteroatoms. The Balaban J connectivity index is 1.56. The number of aromatic nitrogens is 3. The zero-order valence-electron chi connectivity index (χ0n) is 15.3. The minimum absolute atomic E-state index is 0.335. The summed E-state index contributed by atoms with van der Waals surface area (Å²) in [6.45, 7) is 0.770. The van der Waals surface area contributed by atoms with Crippen molar-refractivity contribution in [2.24, 2.45) is 0 Å². The van der Waals surface area contributed by atoms with Crippen molar-refractivity contribution in [3.63, 3.8) is 0 Å². The van der Waals surface area contributed by atoms with Crippen LogP contribution >= 0.6 is 23.2 Å². The Bertz CT molecular complexity index is 1130. The van der Waals surface area contributed by atoms with Crippen LogP contribution in [0.2, 0.25) is 10.0 Å². The maximum absolute atomic E-state index is 12.3. The molecule has 0 aliphatic heterocycles. The first-order chi connectivity index (χ1) is 13.8. The molecule has 0 radical (unpaired) electrons. The van der Waals surface area contributed by atoms with Gasteiger partial charge in [0, 0.05) is 10.0 Å². The normalized spacial score (nSPS) is 11.8. The molecule has 0 bridgehead atoms. The molecule has 1 aromatic heterocycles. The Labute approximate surface area is 175 Å². The average Bonchev–Trinajstić information content (AvgIpc) is 2.68. The van der Waals surface area contributed by atoms with Crippen LogP contribution in [-0.2, 0) is 20.9 Å². The summed E-state index contributed by atoms with van der Waals surface area (Å²) in [4.78, 5) is 36.3. The lowest BCUT2D eigenvalue weighted by atomic mass is 10.1. The van der Waals surface area contributed by atoms with Gasteiger partial charge in [-0.1, -0.05) is 46.6 Å². The number of nitrogens with one attached hydrogen (secondary N) is 1. The first kappa shape index (κ1) is 20.8. The van der Waals surface area contributed by atoms with Crippen LogP contribution in [0.1, 0.15) is 18.5 Å². The Morgan fingerprint density at radius 2 is 1.97 bits per heavy atom. The van der Waals surface area contributed by atoms with E-state index in [4.69, 9.17) is 27.9 Å². The van der Waals surface area contributed by atoms with Crippen molar-refractivity contribution in [1.82, 2.24) is 20.3 Å². The fourth-order valence-corrected chi connectivity index (χ4v) is 3.23. The van der Waals surface area contributed by atoms with E-state index < -0.39 is 36.6 Å². The number of ether oxygens (including phenoxy) is 1. The maximum Gasteiger partial charge on any atom is 0.328 e. The molecule has 0 aliphatic carbocycles. The van der Waals surface area contributed by atoms with E-state index in [9.17, 15) is 14.4 Å². The van der Waals surface area contributed by atoms with Gasteiger partial charge in [-0.25, -0.2) is 0 Å². The minimum Gasteiger partial charge on any atom is -0.454 e. The number of nitrogens with zero attached hydrogens (tertiary/aromatic N) is 3. The monoisotopic (exact) mass is 434 g/mol. The van der Waals surface area contributed by atoms with E-state index in [0.717, 1.165) is 4.68 Å². The van der Waals surface area contributed by atoms with Gasteiger partial charge in [0.1, 0.15) is 12.1 Å². The molecule has 0 spiro atoms. The number of carbonyl (C=O) groups is 2. The number of halogens is 2. The standard InChI is InChI=1S/C19H16Cl2N4O4/c1-11(13-7-6-12(20)8-15(13)21)22-17(26)10-29-18(27)9-25-19(28)14-4-2-3-5-16(14)23-24-25/h2-8,11H,9-10H2,1H3,(H,22,26). The molecule has 0 saturated heterocycles. The Morgan fingerprint density at radius 1 is 1.21 bits per heavy atom. The number of benzene rings is 2. The van der Waals surface area contributed by atoms with Crippen LogP contribution in [0, 0.1) is 0 Å². The predicted octanol–water partition coefficient (Wildman–Crippen LogP) is 2.52. The molecule has 1 amide bonds. The molecule has 1 N–H and O–H groups in total. The van der Waals surface area contributed by atoms with Gasteiger partial charge in [0.05, 0.1) is 11.4 Å². The summed E-state index contributed by atoms with van der Waals surface area (Å²) in [6, 6.07) is 11.2. The largest absolute Gasteiger partial charge is 0.454 e. The molecule has 1 atom stereocenters. The summed E-state index contributed by atoms with van der Waals surface area (Å²) < 4.78 is 5.82. The molecular weight excluding hydrogens is 419 g/mol. The van der Waals surface area contributed by atoms with Gasteiger partial charge >= 0.3 is 5.97 Å². The van der Waals surface area contributed by atoms with Gasteiger partial charge < -0.3 is 10.1 Å². The number of amides is 1. The summed E-state index contributed by atoms with van der Waals surface area (Å²) in [5.41, 5.74) is 0.632. The van der Waals surface area contributed by atoms with Crippen molar-refractivity contribution in [2.75, 3.05) is 6.61 Å². The quantitative estimate of drug-likeness (QED) is 0.597. The third-order valence-electron chi connectivity index (χ3n) is 4.08. The van der Waals surface area contributed by atoms with Gasteiger partial charge in [-0.2, -0.15) is 4.68 Å². The van der Waals surface area contributed by atoms with E-state index in [-0.39, 0.29) is 0 Å². The Kier molecular flexibility index (Phi) is 6.46. The van der Waals surface area contributed by atoms with Crippen LogP contribution in [0.3, 0.4) is 0 Å². The van der Waals surface area contributed by atoms with E-state index in [1.165, 1.54) is 0 Å². The molecule has 3 rings (SSSR count). The summed E-state index contributed by atoms with van der Waals surface area (Å²) in [6.07, 6.45) is 0. The van der Waals surface area contributed by atoms with Gasteiger partial charge in [0.25, 0.3) is 11.5 Å². The minimum atomic E-state index is -0.788. The third kappa shape index (κ3) is 5.10. The second kappa shape index (κ2) is 9.02. The van der Waals surface area contributed by atoms with Crippen molar-refractivity contribution < 1.29 is 14.3 Å². The van der Waals surface area contributed by atoms with Gasteiger partial charge in [0.15, 0.2) is 6.61 Å². The van der Waals surface area contributed by atoms with E-state index in [1.54, 1.807) is 49.4 Å². The zero-order chi connectivity index (χ0) is 21.0. The van der Waals surface area contributed by atoms with E-state index in [1.807, 2.05) is 0 Å². The molecule has 0 fully saturated rings. The van der Waals surface area contributed by atoms with E-state index in [2.05, 4.69) is 15.6 Å². The van der Waals surface area contributed by atoms with E-state index >= 15 is 0 Å². The maximum atomic E-state index is 12.3. The Morgan fingerprint density at radius 3 is 2.72 bits per heavy atom. The van der Waals surface area contributed by atoms with E-state index in [0.29, 0.717) is 26.5 Å². The fraction of sp³-hybridized carbons (Fsp3) is 0.211. The van der Waals surface area contributed by atoms with Gasteiger partial charge in [-0.15, -0.1) is 5.10 Å². The lowest BCUT2D eigenvalue weighted by Gasteiger charge is -2.16. The summed E-state index contributed by atoms with van der Waals surface area (Å²) in [5, 5.41) is 11.5. The second-order valence-electron chi connectivity index (χ2n) is 6.19. The van der Waals surface area contributed by atoms with Crippen LogP contribution in [0.15, 0.2) is 47.3 Å². The van der Waals surface area contributed by atoms with Crippen LogP contribution < -0.4 is 10.9 Å². The van der Waals surface area contributed by atoms with Gasteiger partial charge in [-0.05, 0) is 36.8 Å². The highest BCUT2D eigenvalue weighted by Crippen LogP contribution is 2.25. The van der Waals surface area contributed by atoms with Crippen LogP contribution in [0.25, 0.3) is 10.9 Å². The molecular formula is C19H16Cl2N4O4. The van der Waals surface area contributed by atoms with Crippen LogP contribution in [-0.4, -0.2) is 33.5 Å². The van der Waals surface area contributed by atoms with Gasteiger partial charge in [-0.3, -0.25) is 14.4 Å². The molecule has 3 aromatic rings. The Hall–Kier alpha value is -2.97. The lowest BCUT2D eigenvalue weighted by Crippen LogP contribution is -2.33. The SMILES string of the molecule is CC(NC(=O)COC(=O)Cn1nnc2ccccc2c1=O)c1ccc(Cl)cc1Cl. The molecule has 8 nitrogen and oxygen atoms in total. The molecule has 150 valence electrons. The zero-order valence-corrected chi connectivity index (χ0v) is 16.8. The molecule has 29 heavy (non-hydrogen) atoms. The molecule has 0 aliphatic rings. The van der Waals surface area contributed by atoms with Crippen LogP contribution in [0.5, 0.6) is 0 Å². The van der Waals surface area contributed by atoms with Crippen molar-refractivity contribution in [3.8, 4) is 0 Å². The topological polar surface area (TPSA) is 103 Å². The highest BCUT2D eigenvalue weighted by molar-refractivity contribution is 6.35. The average molecular weight is 435 g/mol. The first-order valence-electron chi connectivity index (χ1n) is 8.57. The van der Waals surface area contributed by atoms with Crippen molar-refractivity contribution >= 4 is 46.0 Å². The molecule has 1 unspecified atom stereocenters. The number of carbonyl (C=O) groups excluding carboxylic acids is 2. The van der Waals surface area contributed by atoms with Crippen molar-refractivity contribution in [2.45, 2.75) is 19.5 Å². The van der Waals surface area contributed by atoms with Crippen LogP contribution in [0.4, 0.5) is 0 Å². The summed E-state index contributed by atoms with van der Waals surface area (Å²) >= 11 is 12.0. The predicted molar refractivity (Wildman–Crippen MR) is 108 cm³/mol. The first-order valence-corrected chi connectivity index (χ1v) is 9.33. The number of hydrogen-bond donors (Lipinski definition) is 1. The second-order valence-corrected chi connectivity index (χ2v) is 7.03. The third-order valence-corrected chi connectivity index (χ3v) is 4.64. The van der Waals surface area contributed by atoms with Crippen molar-refractivity contribution in [3.05, 3.63) is 68.4 Å². The number of hydrogen-bond acceptors (Lipinski definition) is 6. The highest BCUT2D eigenvalue weighted by atomic mass is 35.5. The van der Waals surface area contributed by atoms with Gasteiger partial charge in [0.2, 0.25) is 0 Å². The lowest BCUT2D eigenvalue weighted by molar-refractivity contribution is -0.149. The fourth-order valence-electron chi connectivity index (χ4n) is 2.65. The molecule has 1 heterocycles. The number of rotatable bonds is 6. The number of esters is 1. The van der Waals surface area contributed by atoms with Crippen molar-refractivity contribution in [1.29, 1.82) is 0 Å². The highest BCUT2D eigenvalue weighted by Gasteiger charge is 2.16. The summed E-state index contributed by atoms with van der Waals surface area (Å²) in [5.74, 6) is -1.31. The summed E-state index contributed by atoms with van der Waals surface area (Å²) in [7, 11) is 0. The number of fused-ring (bicyclic) bond motifs is 1.